The second kappa shape index (κ2) is 6.17. The van der Waals surface area contributed by atoms with Crippen molar-refractivity contribution in [2.45, 2.75) is 45.6 Å². The zero-order chi connectivity index (χ0) is 16.4. The van der Waals surface area contributed by atoms with Gasteiger partial charge in [0.25, 0.3) is 5.56 Å². The van der Waals surface area contributed by atoms with Crippen molar-refractivity contribution in [1.29, 1.82) is 0 Å². The highest BCUT2D eigenvalue weighted by molar-refractivity contribution is 5.71. The molecule has 0 fully saturated rings. The van der Waals surface area contributed by atoms with Crippen LogP contribution in [0.25, 0.3) is 11.2 Å². The lowest BCUT2D eigenvalue weighted by atomic mass is 10.2. The summed E-state index contributed by atoms with van der Waals surface area (Å²) in [4.78, 5) is 41.2. The molecule has 120 valence electrons. The maximum Gasteiger partial charge on any atom is 0.330 e. The number of carboxylic acid groups (broad SMARTS) is 1. The van der Waals surface area contributed by atoms with Crippen LogP contribution >= 0.6 is 0 Å². The second-order valence-electron chi connectivity index (χ2n) is 5.58. The van der Waals surface area contributed by atoms with Crippen LogP contribution < -0.4 is 11.2 Å². The van der Waals surface area contributed by atoms with Crippen molar-refractivity contribution in [3.63, 3.8) is 0 Å². The first-order valence-corrected chi connectivity index (χ1v) is 7.24. The lowest BCUT2D eigenvalue weighted by Gasteiger charge is -2.09. The van der Waals surface area contributed by atoms with E-state index in [1.807, 2.05) is 13.8 Å². The topological polar surface area (TPSA) is 110 Å². The first kappa shape index (κ1) is 16.0. The Hall–Kier alpha value is -2.38. The van der Waals surface area contributed by atoms with E-state index < -0.39 is 17.2 Å². The molecule has 0 saturated heterocycles. The number of aliphatic carboxylic acids is 1. The van der Waals surface area contributed by atoms with Crippen LogP contribution in [0, 0.1) is 0 Å². The molecule has 0 unspecified atom stereocenters. The average molecular weight is 308 g/mol. The van der Waals surface area contributed by atoms with E-state index in [4.69, 9.17) is 5.11 Å². The van der Waals surface area contributed by atoms with E-state index >= 15 is 0 Å². The lowest BCUT2D eigenvalue weighted by Crippen LogP contribution is -2.31. The molecule has 2 rings (SSSR count). The second-order valence-corrected chi connectivity index (χ2v) is 5.58. The number of nitrogens with zero attached hydrogens (tertiary/aromatic N) is 3. The van der Waals surface area contributed by atoms with E-state index in [0.29, 0.717) is 36.3 Å². The summed E-state index contributed by atoms with van der Waals surface area (Å²) in [5.41, 5.74) is -0.187. The zero-order valence-electron chi connectivity index (χ0n) is 12.9. The fourth-order valence-corrected chi connectivity index (χ4v) is 2.53. The summed E-state index contributed by atoms with van der Waals surface area (Å²) in [7, 11) is 1.73. The zero-order valence-corrected chi connectivity index (χ0v) is 12.9. The van der Waals surface area contributed by atoms with E-state index in [1.54, 1.807) is 11.6 Å². The number of fused-ring (bicyclic) bond motifs is 1. The largest absolute Gasteiger partial charge is 0.481 e. The van der Waals surface area contributed by atoms with E-state index in [-0.39, 0.29) is 12.5 Å². The molecule has 0 aliphatic heterocycles. The van der Waals surface area contributed by atoms with Crippen LogP contribution in [-0.2, 0) is 18.3 Å². The Bertz CT molecular complexity index is 813. The number of imidazole rings is 1. The molecule has 22 heavy (non-hydrogen) atoms. The molecule has 2 N–H and O–H groups in total. The predicted octanol–water partition coefficient (Wildman–Crippen LogP) is 0.802. The number of H-pyrrole nitrogens is 1. The van der Waals surface area contributed by atoms with Crippen molar-refractivity contribution in [2.24, 2.45) is 7.05 Å². The highest BCUT2D eigenvalue weighted by atomic mass is 16.4. The summed E-state index contributed by atoms with van der Waals surface area (Å²) >= 11 is 0. The van der Waals surface area contributed by atoms with E-state index in [1.165, 1.54) is 4.57 Å². The van der Waals surface area contributed by atoms with Crippen LogP contribution in [0.4, 0.5) is 0 Å². The number of unbranched alkanes of at least 4 members (excludes halogenated alkanes) is 1. The fourth-order valence-electron chi connectivity index (χ4n) is 2.53. The van der Waals surface area contributed by atoms with E-state index in [2.05, 4.69) is 9.97 Å². The minimum Gasteiger partial charge on any atom is -0.481 e. The number of carboxylic acids is 1. The Morgan fingerprint density at radius 3 is 2.59 bits per heavy atom. The molecule has 8 nitrogen and oxygen atoms in total. The molecular weight excluding hydrogens is 288 g/mol. The highest BCUT2D eigenvalue weighted by Crippen LogP contribution is 2.15. The van der Waals surface area contributed by atoms with Gasteiger partial charge in [0.1, 0.15) is 5.82 Å². The van der Waals surface area contributed by atoms with Gasteiger partial charge < -0.3 is 9.67 Å². The monoisotopic (exact) mass is 308 g/mol. The molecule has 2 aromatic heterocycles. The Labute approximate surface area is 126 Å². The molecule has 0 aromatic carbocycles. The Morgan fingerprint density at radius 1 is 1.32 bits per heavy atom. The molecule has 0 amide bonds. The Morgan fingerprint density at radius 2 is 2.00 bits per heavy atom. The van der Waals surface area contributed by atoms with Gasteiger partial charge in [-0.25, -0.2) is 9.78 Å². The molecule has 0 spiro atoms. The van der Waals surface area contributed by atoms with Crippen LogP contribution in [0.3, 0.4) is 0 Å². The summed E-state index contributed by atoms with van der Waals surface area (Å²) < 4.78 is 3.13. The van der Waals surface area contributed by atoms with E-state index in [9.17, 15) is 14.4 Å². The normalized spacial score (nSPS) is 11.5. The average Bonchev–Trinajstić information content (AvgIpc) is 2.71. The van der Waals surface area contributed by atoms with Gasteiger partial charge in [-0.1, -0.05) is 0 Å². The fraction of sp³-hybridized carbons (Fsp3) is 0.571. The van der Waals surface area contributed by atoms with Crippen LogP contribution in [0.1, 0.15) is 45.0 Å². The third-order valence-electron chi connectivity index (χ3n) is 3.61. The van der Waals surface area contributed by atoms with Gasteiger partial charge in [-0.15, -0.1) is 0 Å². The van der Waals surface area contributed by atoms with Gasteiger partial charge in [0.05, 0.1) is 0 Å². The first-order valence-electron chi connectivity index (χ1n) is 7.24. The summed E-state index contributed by atoms with van der Waals surface area (Å²) in [6.07, 6.45) is 1.88. The Balaban J connectivity index is 2.42. The van der Waals surface area contributed by atoms with Crippen LogP contribution in [0.5, 0.6) is 0 Å². The molecule has 0 saturated carbocycles. The van der Waals surface area contributed by atoms with Crippen LogP contribution in [0.2, 0.25) is 0 Å². The maximum absolute atomic E-state index is 12.0. The number of aromatic amines is 1. The van der Waals surface area contributed by atoms with Gasteiger partial charge in [-0.2, -0.15) is 0 Å². The van der Waals surface area contributed by atoms with Crippen molar-refractivity contribution in [3.8, 4) is 0 Å². The number of nitrogens with one attached hydrogen (secondary N) is 1. The standard InChI is InChI=1S/C14H20N4O4/c1-8(2)18-12-11(13(21)16-14(18)22)17(3)9(15-12)6-4-5-7-10(19)20/h8H,4-7H2,1-3H3,(H,19,20)(H,16,21,22). The van der Waals surface area contributed by atoms with Crippen molar-refractivity contribution >= 4 is 17.1 Å². The van der Waals surface area contributed by atoms with Crippen LogP contribution in [-0.4, -0.2) is 30.2 Å². The van der Waals surface area contributed by atoms with Crippen molar-refractivity contribution < 1.29 is 9.90 Å². The molecule has 0 aliphatic rings. The quantitative estimate of drug-likeness (QED) is 0.767. The van der Waals surface area contributed by atoms with Crippen molar-refractivity contribution in [1.82, 2.24) is 19.1 Å². The number of carbonyl (C=O) groups is 1. The molecule has 2 aromatic rings. The predicted molar refractivity (Wildman–Crippen MR) is 81.2 cm³/mol. The van der Waals surface area contributed by atoms with Gasteiger partial charge >= 0.3 is 11.7 Å². The van der Waals surface area contributed by atoms with Gasteiger partial charge in [-0.3, -0.25) is 19.1 Å². The molecule has 0 radical (unpaired) electrons. The smallest absolute Gasteiger partial charge is 0.330 e. The number of hydrogen-bond donors (Lipinski definition) is 2. The Kier molecular flexibility index (Phi) is 4.48. The summed E-state index contributed by atoms with van der Waals surface area (Å²) in [6.45, 7) is 3.70. The molecule has 2 heterocycles. The first-order chi connectivity index (χ1) is 10.3. The third kappa shape index (κ3) is 2.95. The molecule has 0 atom stereocenters. The number of rotatable bonds is 6. The summed E-state index contributed by atoms with van der Waals surface area (Å²) in [5.74, 6) is -0.152. The molecule has 0 bridgehead atoms. The number of aryl methyl sites for hydroxylation is 2. The van der Waals surface area contributed by atoms with Gasteiger partial charge in [0.2, 0.25) is 0 Å². The van der Waals surface area contributed by atoms with Gasteiger partial charge in [0.15, 0.2) is 11.2 Å². The molecule has 8 heteroatoms. The van der Waals surface area contributed by atoms with Crippen LogP contribution in [0.15, 0.2) is 9.59 Å². The summed E-state index contributed by atoms with van der Waals surface area (Å²) in [6, 6.07) is -0.124. The van der Waals surface area contributed by atoms with Gasteiger partial charge in [-0.05, 0) is 26.7 Å². The highest BCUT2D eigenvalue weighted by Gasteiger charge is 2.17. The lowest BCUT2D eigenvalue weighted by molar-refractivity contribution is -0.137. The van der Waals surface area contributed by atoms with Gasteiger partial charge in [0, 0.05) is 25.9 Å². The van der Waals surface area contributed by atoms with Crippen molar-refractivity contribution in [3.05, 3.63) is 26.7 Å². The van der Waals surface area contributed by atoms with Crippen molar-refractivity contribution in [2.75, 3.05) is 0 Å². The number of aromatic nitrogens is 4. The SMILES string of the molecule is CC(C)n1c(=O)[nH]c(=O)c2c1nc(CCCCC(=O)O)n2C. The third-order valence-corrected chi connectivity index (χ3v) is 3.61. The number of hydrogen-bond acceptors (Lipinski definition) is 4. The summed E-state index contributed by atoms with van der Waals surface area (Å²) in [5, 5.41) is 8.64. The van der Waals surface area contributed by atoms with E-state index in [0.717, 1.165) is 0 Å². The maximum atomic E-state index is 12.0. The molecule has 0 aliphatic carbocycles. The minimum absolute atomic E-state index is 0.112. The minimum atomic E-state index is -0.824. The molecular formula is C14H20N4O4.